The van der Waals surface area contributed by atoms with Crippen LogP contribution in [-0.4, -0.2) is 5.78 Å². The molecular weight excluding hydrogens is 234 g/mol. The van der Waals surface area contributed by atoms with Gasteiger partial charge in [0.1, 0.15) is 11.6 Å². The molecule has 0 saturated heterocycles. The predicted octanol–water partition coefficient (Wildman–Crippen LogP) is 3.60. The van der Waals surface area contributed by atoms with E-state index >= 15 is 0 Å². The second-order valence-electron chi connectivity index (χ2n) is 3.10. The van der Waals surface area contributed by atoms with Gasteiger partial charge in [0.2, 0.25) is 0 Å². The molecule has 1 rings (SSSR count). The van der Waals surface area contributed by atoms with E-state index in [9.17, 15) is 13.6 Å². The maximum atomic E-state index is 13.3. The van der Waals surface area contributed by atoms with Gasteiger partial charge in [0, 0.05) is 12.8 Å². The van der Waals surface area contributed by atoms with Gasteiger partial charge in [-0.25, -0.2) is 8.78 Å². The molecule has 0 aliphatic rings. The van der Waals surface area contributed by atoms with Crippen molar-refractivity contribution in [3.63, 3.8) is 0 Å². The molecule has 0 radical (unpaired) electrons. The van der Waals surface area contributed by atoms with Gasteiger partial charge in [-0.2, -0.15) is 0 Å². The predicted molar refractivity (Wildman–Crippen MR) is 58.4 cm³/mol. The lowest BCUT2D eigenvalue weighted by Crippen LogP contribution is -2.03. The van der Waals surface area contributed by atoms with Gasteiger partial charge in [-0.1, -0.05) is 11.6 Å². The Labute approximate surface area is 97.4 Å². The Hall–Kier alpha value is -1.40. The number of Topliss-reactive ketones (excluding diaryl/α,β-unsaturated/α-hetero) is 1. The third-order valence-corrected chi connectivity index (χ3v) is 2.25. The molecule has 0 aliphatic heterocycles. The Kier molecular flexibility index (Phi) is 4.45. The number of hydrogen-bond acceptors (Lipinski definition) is 1. The van der Waals surface area contributed by atoms with Gasteiger partial charge in [-0.05, 0) is 19.1 Å². The third-order valence-electron chi connectivity index (χ3n) is 1.96. The summed E-state index contributed by atoms with van der Waals surface area (Å²) in [5.41, 5.74) is -0.278. The van der Waals surface area contributed by atoms with Crippen LogP contribution in [0.3, 0.4) is 0 Å². The summed E-state index contributed by atoms with van der Waals surface area (Å²) in [4.78, 5) is 11.5. The largest absolute Gasteiger partial charge is 0.294 e. The molecule has 1 nitrogen and oxygen atoms in total. The lowest BCUT2D eigenvalue weighted by Gasteiger charge is -2.02. The summed E-state index contributed by atoms with van der Waals surface area (Å²) in [5, 5.41) is -0.331. The molecule has 0 fully saturated rings. The number of halogens is 3. The first-order valence-electron chi connectivity index (χ1n) is 4.63. The van der Waals surface area contributed by atoms with E-state index in [0.29, 0.717) is 6.42 Å². The van der Waals surface area contributed by atoms with E-state index in [2.05, 4.69) is 11.8 Å². The molecule has 0 atom stereocenters. The number of ketones is 1. The Balaban J connectivity index is 2.90. The summed E-state index contributed by atoms with van der Waals surface area (Å²) in [6.07, 6.45) is 0.401. The Morgan fingerprint density at radius 2 is 2.06 bits per heavy atom. The van der Waals surface area contributed by atoms with Gasteiger partial charge >= 0.3 is 0 Å². The van der Waals surface area contributed by atoms with Gasteiger partial charge in [-0.3, -0.25) is 4.79 Å². The summed E-state index contributed by atoms with van der Waals surface area (Å²) in [6, 6.07) is 1.62. The van der Waals surface area contributed by atoms with E-state index in [1.807, 2.05) is 0 Å². The van der Waals surface area contributed by atoms with Crippen molar-refractivity contribution in [1.82, 2.24) is 0 Å². The second kappa shape index (κ2) is 5.62. The minimum Gasteiger partial charge on any atom is -0.294 e. The molecule has 16 heavy (non-hydrogen) atoms. The fourth-order valence-corrected chi connectivity index (χ4v) is 1.32. The van der Waals surface area contributed by atoms with Crippen molar-refractivity contribution < 1.29 is 13.6 Å². The standard InChI is InChI=1S/C12H9ClF2O/c1-2-3-4-5-12(16)8-6-11(15)9(13)7-10(8)14/h6-7H,4-5H2,1H3. The quantitative estimate of drug-likeness (QED) is 0.450. The Bertz CT molecular complexity index is 472. The molecule has 0 aromatic heterocycles. The van der Waals surface area contributed by atoms with Gasteiger partial charge in [0.15, 0.2) is 5.78 Å². The van der Waals surface area contributed by atoms with Gasteiger partial charge < -0.3 is 0 Å². The van der Waals surface area contributed by atoms with E-state index < -0.39 is 17.4 Å². The fraction of sp³-hybridized carbons (Fsp3) is 0.250. The van der Waals surface area contributed by atoms with Crippen molar-refractivity contribution >= 4 is 17.4 Å². The van der Waals surface area contributed by atoms with E-state index in [-0.39, 0.29) is 17.0 Å². The highest BCUT2D eigenvalue weighted by molar-refractivity contribution is 6.30. The van der Waals surface area contributed by atoms with Gasteiger partial charge in [0.25, 0.3) is 0 Å². The zero-order valence-corrected chi connectivity index (χ0v) is 9.37. The normalized spacial score (nSPS) is 9.50. The minimum absolute atomic E-state index is 0.0683. The highest BCUT2D eigenvalue weighted by Gasteiger charge is 2.14. The number of hydrogen-bond donors (Lipinski definition) is 0. The topological polar surface area (TPSA) is 17.1 Å². The molecule has 4 heteroatoms. The molecule has 1 aromatic carbocycles. The van der Waals surface area contributed by atoms with Crippen LogP contribution in [0.5, 0.6) is 0 Å². The third kappa shape index (κ3) is 3.04. The molecule has 0 heterocycles. The lowest BCUT2D eigenvalue weighted by atomic mass is 10.1. The highest BCUT2D eigenvalue weighted by Crippen LogP contribution is 2.20. The molecule has 0 saturated carbocycles. The molecular formula is C12H9ClF2O. The van der Waals surface area contributed by atoms with Crippen LogP contribution in [-0.2, 0) is 0 Å². The summed E-state index contributed by atoms with van der Waals surface area (Å²) >= 11 is 5.37. The summed E-state index contributed by atoms with van der Waals surface area (Å²) in [6.45, 7) is 1.65. The van der Waals surface area contributed by atoms with Crippen LogP contribution < -0.4 is 0 Å². The first-order chi connectivity index (χ1) is 7.56. The maximum absolute atomic E-state index is 13.3. The van der Waals surface area contributed by atoms with Crippen LogP contribution >= 0.6 is 11.6 Å². The molecule has 1 aromatic rings. The van der Waals surface area contributed by atoms with Crippen molar-refractivity contribution in [1.29, 1.82) is 0 Å². The van der Waals surface area contributed by atoms with Crippen molar-refractivity contribution in [3.05, 3.63) is 34.4 Å². The Morgan fingerprint density at radius 3 is 2.69 bits per heavy atom. The molecule has 0 amide bonds. The number of carbonyl (C=O) groups excluding carboxylic acids is 1. The van der Waals surface area contributed by atoms with Crippen LogP contribution in [0.1, 0.15) is 30.1 Å². The monoisotopic (exact) mass is 242 g/mol. The molecule has 84 valence electrons. The second-order valence-corrected chi connectivity index (χ2v) is 3.50. The van der Waals surface area contributed by atoms with Crippen molar-refractivity contribution in [2.45, 2.75) is 19.8 Å². The van der Waals surface area contributed by atoms with Crippen molar-refractivity contribution in [3.8, 4) is 11.8 Å². The SMILES string of the molecule is CC#CCCC(=O)c1cc(F)c(Cl)cc1F. The summed E-state index contributed by atoms with van der Waals surface area (Å²) < 4.78 is 26.3. The van der Waals surface area contributed by atoms with Crippen LogP contribution in [0.4, 0.5) is 8.78 Å². The number of rotatable bonds is 3. The molecule has 0 bridgehead atoms. The molecule has 0 spiro atoms. The zero-order chi connectivity index (χ0) is 12.1. The summed E-state index contributed by atoms with van der Waals surface area (Å²) in [7, 11) is 0. The maximum Gasteiger partial charge on any atom is 0.166 e. The average molecular weight is 243 g/mol. The number of benzene rings is 1. The van der Waals surface area contributed by atoms with Crippen LogP contribution in [0.25, 0.3) is 0 Å². The first-order valence-corrected chi connectivity index (χ1v) is 5.01. The van der Waals surface area contributed by atoms with E-state index in [1.165, 1.54) is 0 Å². The van der Waals surface area contributed by atoms with Crippen LogP contribution in [0, 0.1) is 23.5 Å². The zero-order valence-electron chi connectivity index (χ0n) is 8.61. The highest BCUT2D eigenvalue weighted by atomic mass is 35.5. The molecule has 0 aliphatic carbocycles. The lowest BCUT2D eigenvalue weighted by molar-refractivity contribution is 0.0980. The van der Waals surface area contributed by atoms with E-state index in [0.717, 1.165) is 12.1 Å². The first kappa shape index (κ1) is 12.7. The van der Waals surface area contributed by atoms with Crippen LogP contribution in [0.2, 0.25) is 5.02 Å². The van der Waals surface area contributed by atoms with Gasteiger partial charge in [-0.15, -0.1) is 11.8 Å². The van der Waals surface area contributed by atoms with Crippen LogP contribution in [0.15, 0.2) is 12.1 Å². The smallest absolute Gasteiger partial charge is 0.166 e. The molecule has 0 unspecified atom stereocenters. The Morgan fingerprint density at radius 1 is 1.38 bits per heavy atom. The fourth-order valence-electron chi connectivity index (χ4n) is 1.17. The number of carbonyl (C=O) groups is 1. The van der Waals surface area contributed by atoms with Gasteiger partial charge in [0.05, 0.1) is 10.6 Å². The van der Waals surface area contributed by atoms with Crippen molar-refractivity contribution in [2.75, 3.05) is 0 Å². The van der Waals surface area contributed by atoms with E-state index in [4.69, 9.17) is 11.6 Å². The molecule has 0 N–H and O–H groups in total. The summed E-state index contributed by atoms with van der Waals surface area (Å²) in [5.74, 6) is 3.22. The van der Waals surface area contributed by atoms with Crippen molar-refractivity contribution in [2.24, 2.45) is 0 Å². The van der Waals surface area contributed by atoms with E-state index in [1.54, 1.807) is 6.92 Å². The minimum atomic E-state index is -0.805. The average Bonchev–Trinajstić information content (AvgIpc) is 2.23.